The van der Waals surface area contributed by atoms with Gasteiger partial charge in [0.25, 0.3) is 0 Å². The van der Waals surface area contributed by atoms with Crippen molar-refractivity contribution in [2.24, 2.45) is 0 Å². The first-order valence-electron chi connectivity index (χ1n) is 6.43. The molecular weight excluding hydrogens is 247 g/mol. The summed E-state index contributed by atoms with van der Waals surface area (Å²) in [7, 11) is 0. The van der Waals surface area contributed by atoms with Gasteiger partial charge in [-0.1, -0.05) is 19.1 Å². The zero-order chi connectivity index (χ0) is 13.8. The van der Waals surface area contributed by atoms with E-state index in [-0.39, 0.29) is 30.2 Å². The molecule has 1 atom stereocenters. The molecule has 0 saturated carbocycles. The van der Waals surface area contributed by atoms with E-state index in [9.17, 15) is 14.0 Å². The third kappa shape index (κ3) is 3.10. The van der Waals surface area contributed by atoms with Gasteiger partial charge in [0.2, 0.25) is 11.8 Å². The molecule has 1 heterocycles. The number of rotatable bonds is 4. The van der Waals surface area contributed by atoms with E-state index < -0.39 is 0 Å². The van der Waals surface area contributed by atoms with Crippen LogP contribution in [-0.2, 0) is 16.0 Å². The van der Waals surface area contributed by atoms with Gasteiger partial charge in [-0.15, -0.1) is 0 Å². The smallest absolute Gasteiger partial charge is 0.243 e. The molecule has 4 nitrogen and oxygen atoms in total. The summed E-state index contributed by atoms with van der Waals surface area (Å²) in [6.45, 7) is 2.43. The minimum absolute atomic E-state index is 0.0615. The van der Waals surface area contributed by atoms with E-state index in [1.807, 2.05) is 6.92 Å². The Morgan fingerprint density at radius 1 is 1.32 bits per heavy atom. The Hall–Kier alpha value is -1.91. The molecule has 1 N–H and O–H groups in total. The maximum Gasteiger partial charge on any atom is 0.243 e. The molecule has 5 heteroatoms. The van der Waals surface area contributed by atoms with Gasteiger partial charge in [0, 0.05) is 6.54 Å². The van der Waals surface area contributed by atoms with Crippen molar-refractivity contribution < 1.29 is 14.0 Å². The first-order valence-corrected chi connectivity index (χ1v) is 6.43. The van der Waals surface area contributed by atoms with Crippen LogP contribution in [0, 0.1) is 5.82 Å². The quantitative estimate of drug-likeness (QED) is 0.885. The second kappa shape index (κ2) is 5.82. The molecule has 2 rings (SSSR count). The van der Waals surface area contributed by atoms with Gasteiger partial charge in [0.15, 0.2) is 0 Å². The third-order valence-corrected chi connectivity index (χ3v) is 3.35. The molecule has 0 aromatic heterocycles. The number of nitrogens with one attached hydrogen (secondary N) is 1. The topological polar surface area (TPSA) is 49.4 Å². The van der Waals surface area contributed by atoms with E-state index >= 15 is 0 Å². The van der Waals surface area contributed by atoms with Gasteiger partial charge in [0.05, 0.1) is 6.54 Å². The minimum Gasteiger partial charge on any atom is -0.345 e. The van der Waals surface area contributed by atoms with Gasteiger partial charge >= 0.3 is 0 Å². The molecule has 1 fully saturated rings. The number of hydrogen-bond acceptors (Lipinski definition) is 2. The van der Waals surface area contributed by atoms with Crippen LogP contribution in [0.25, 0.3) is 0 Å². The molecule has 1 aliphatic rings. The third-order valence-electron chi connectivity index (χ3n) is 3.35. The average Bonchev–Trinajstić information content (AvgIpc) is 2.41. The summed E-state index contributed by atoms with van der Waals surface area (Å²) < 4.78 is 12.8. The Bertz CT molecular complexity index is 473. The van der Waals surface area contributed by atoms with Gasteiger partial charge in [-0.3, -0.25) is 9.59 Å². The number of hydrogen-bond donors (Lipinski definition) is 1. The highest BCUT2D eigenvalue weighted by Gasteiger charge is 2.32. The van der Waals surface area contributed by atoms with Crippen molar-refractivity contribution in [2.75, 3.05) is 13.1 Å². The van der Waals surface area contributed by atoms with Gasteiger partial charge in [0.1, 0.15) is 11.9 Å². The summed E-state index contributed by atoms with van der Waals surface area (Å²) in [6, 6.07) is 5.81. The highest BCUT2D eigenvalue weighted by molar-refractivity contribution is 5.94. The fraction of sp³-hybridized carbons (Fsp3) is 0.429. The number of carbonyl (C=O) groups excluding carboxylic acids is 2. The van der Waals surface area contributed by atoms with Gasteiger partial charge < -0.3 is 10.2 Å². The van der Waals surface area contributed by atoms with Crippen LogP contribution in [0.2, 0.25) is 0 Å². The van der Waals surface area contributed by atoms with Crippen molar-refractivity contribution in [1.29, 1.82) is 0 Å². The fourth-order valence-corrected chi connectivity index (χ4v) is 2.28. The van der Waals surface area contributed by atoms with E-state index in [0.717, 1.165) is 5.56 Å². The SMILES string of the molecule is CCC1C(=O)NCC(=O)N1CCc1ccc(F)cc1. The van der Waals surface area contributed by atoms with Crippen LogP contribution in [0.4, 0.5) is 4.39 Å². The van der Waals surface area contributed by atoms with Gasteiger partial charge in [-0.25, -0.2) is 4.39 Å². The number of carbonyl (C=O) groups is 2. The van der Waals surface area contributed by atoms with Crippen LogP contribution in [0.5, 0.6) is 0 Å². The Morgan fingerprint density at radius 3 is 2.63 bits per heavy atom. The lowest BCUT2D eigenvalue weighted by Gasteiger charge is -2.34. The molecule has 1 aromatic rings. The fourth-order valence-electron chi connectivity index (χ4n) is 2.28. The maximum atomic E-state index is 12.8. The minimum atomic E-state index is -0.387. The van der Waals surface area contributed by atoms with Crippen molar-refractivity contribution in [2.45, 2.75) is 25.8 Å². The summed E-state index contributed by atoms with van der Waals surface area (Å²) >= 11 is 0. The first-order chi connectivity index (χ1) is 9.11. The van der Waals surface area contributed by atoms with Gasteiger partial charge in [-0.2, -0.15) is 0 Å². The predicted octanol–water partition coefficient (Wildman–Crippen LogP) is 1.11. The second-order valence-corrected chi connectivity index (χ2v) is 4.61. The molecule has 0 spiro atoms. The molecule has 0 radical (unpaired) electrons. The van der Waals surface area contributed by atoms with Crippen LogP contribution in [0.3, 0.4) is 0 Å². The Morgan fingerprint density at radius 2 is 2.00 bits per heavy atom. The lowest BCUT2D eigenvalue weighted by molar-refractivity contribution is -0.145. The van der Waals surface area contributed by atoms with E-state index in [0.29, 0.717) is 19.4 Å². The lowest BCUT2D eigenvalue weighted by Crippen LogP contribution is -2.58. The Kier molecular flexibility index (Phi) is 4.14. The van der Waals surface area contributed by atoms with Crippen LogP contribution in [0.1, 0.15) is 18.9 Å². The average molecular weight is 264 g/mol. The monoisotopic (exact) mass is 264 g/mol. The molecule has 1 aromatic carbocycles. The Balaban J connectivity index is 2.01. The van der Waals surface area contributed by atoms with Crippen molar-refractivity contribution in [3.8, 4) is 0 Å². The zero-order valence-electron chi connectivity index (χ0n) is 10.9. The number of benzene rings is 1. The first kappa shape index (κ1) is 13.5. The summed E-state index contributed by atoms with van der Waals surface area (Å²) in [5.74, 6) is -0.432. The van der Waals surface area contributed by atoms with E-state index in [1.165, 1.54) is 12.1 Å². The zero-order valence-corrected chi connectivity index (χ0v) is 10.9. The van der Waals surface area contributed by atoms with Crippen molar-refractivity contribution >= 4 is 11.8 Å². The Labute approximate surface area is 111 Å². The van der Waals surface area contributed by atoms with Crippen molar-refractivity contribution in [3.63, 3.8) is 0 Å². The molecule has 0 bridgehead atoms. The number of halogens is 1. The van der Waals surface area contributed by atoms with Crippen molar-refractivity contribution in [3.05, 3.63) is 35.6 Å². The molecular formula is C14H17FN2O2. The largest absolute Gasteiger partial charge is 0.345 e. The van der Waals surface area contributed by atoms with E-state index in [4.69, 9.17) is 0 Å². The summed E-state index contributed by atoms with van der Waals surface area (Å²) in [4.78, 5) is 25.1. The number of nitrogens with zero attached hydrogens (tertiary/aromatic N) is 1. The van der Waals surface area contributed by atoms with Gasteiger partial charge in [-0.05, 0) is 30.5 Å². The molecule has 19 heavy (non-hydrogen) atoms. The normalized spacial score (nSPS) is 19.5. The lowest BCUT2D eigenvalue weighted by atomic mass is 10.1. The van der Waals surface area contributed by atoms with E-state index in [2.05, 4.69) is 5.32 Å². The summed E-state index contributed by atoms with van der Waals surface area (Å²) in [5, 5.41) is 2.59. The second-order valence-electron chi connectivity index (χ2n) is 4.61. The molecule has 102 valence electrons. The molecule has 2 amide bonds. The molecule has 1 aliphatic heterocycles. The van der Waals surface area contributed by atoms with Crippen LogP contribution < -0.4 is 5.32 Å². The highest BCUT2D eigenvalue weighted by Crippen LogP contribution is 2.12. The van der Waals surface area contributed by atoms with Crippen LogP contribution in [-0.4, -0.2) is 35.8 Å². The standard InChI is InChI=1S/C14H17FN2O2/c1-2-12-14(19)16-9-13(18)17(12)8-7-10-3-5-11(15)6-4-10/h3-6,12H,2,7-9H2,1H3,(H,16,19). The van der Waals surface area contributed by atoms with Crippen LogP contribution >= 0.6 is 0 Å². The predicted molar refractivity (Wildman–Crippen MR) is 68.9 cm³/mol. The van der Waals surface area contributed by atoms with Crippen molar-refractivity contribution in [1.82, 2.24) is 10.2 Å². The summed E-state index contributed by atoms with van der Waals surface area (Å²) in [6.07, 6.45) is 1.22. The number of amides is 2. The highest BCUT2D eigenvalue weighted by atomic mass is 19.1. The molecule has 0 aliphatic carbocycles. The maximum absolute atomic E-state index is 12.8. The number of piperazine rings is 1. The van der Waals surface area contributed by atoms with Crippen LogP contribution in [0.15, 0.2) is 24.3 Å². The molecule has 1 saturated heterocycles. The summed E-state index contributed by atoms with van der Waals surface area (Å²) in [5.41, 5.74) is 0.954. The van der Waals surface area contributed by atoms with E-state index in [1.54, 1.807) is 17.0 Å². The molecule has 1 unspecified atom stereocenters.